The van der Waals surface area contributed by atoms with Crippen LogP contribution in [0, 0.1) is 0 Å². The normalized spacial score (nSPS) is 12.0. The van der Waals surface area contributed by atoms with Crippen LogP contribution in [-0.4, -0.2) is 15.3 Å². The molecule has 0 saturated heterocycles. The second-order valence-corrected chi connectivity index (χ2v) is 3.21. The van der Waals surface area contributed by atoms with Crippen molar-refractivity contribution in [1.82, 2.24) is 9.78 Å². The van der Waals surface area contributed by atoms with E-state index in [1.807, 2.05) is 0 Å². The van der Waals surface area contributed by atoms with Gasteiger partial charge in [-0.25, -0.2) is 0 Å². The lowest BCUT2D eigenvalue weighted by molar-refractivity contribution is -0.0327. The number of alkyl halides is 3. The second kappa shape index (κ2) is 2.89. The Morgan fingerprint density at radius 2 is 2.17 bits per heavy atom. The van der Waals surface area contributed by atoms with Gasteiger partial charge in [0.05, 0.1) is 4.90 Å². The first-order valence-electron chi connectivity index (χ1n) is 2.93. The van der Waals surface area contributed by atoms with Crippen molar-refractivity contribution in [2.24, 2.45) is 7.05 Å². The predicted molar refractivity (Wildman–Crippen MR) is 39.5 cm³/mol. The summed E-state index contributed by atoms with van der Waals surface area (Å²) >= 11 is -0.260. The van der Waals surface area contributed by atoms with Crippen molar-refractivity contribution in [3.8, 4) is 0 Å². The minimum atomic E-state index is -4.31. The summed E-state index contributed by atoms with van der Waals surface area (Å²) < 4.78 is 36.6. The molecule has 0 saturated carbocycles. The van der Waals surface area contributed by atoms with E-state index in [2.05, 4.69) is 5.10 Å². The Kier molecular flexibility index (Phi) is 2.22. The number of aryl methyl sites for hydroxylation is 1. The number of aromatic nitrogens is 2. The Morgan fingerprint density at radius 3 is 2.50 bits per heavy atom. The molecular weight excluding hydrogens is 191 g/mol. The molecule has 1 rings (SSSR count). The topological polar surface area (TPSA) is 43.8 Å². The Hall–Kier alpha value is -0.850. The summed E-state index contributed by atoms with van der Waals surface area (Å²) in [6, 6.07) is 0. The van der Waals surface area contributed by atoms with Crippen LogP contribution in [0.1, 0.15) is 0 Å². The predicted octanol–water partition coefficient (Wildman–Crippen LogP) is 1.61. The van der Waals surface area contributed by atoms with Gasteiger partial charge in [0, 0.05) is 13.2 Å². The molecule has 0 aromatic carbocycles. The fourth-order valence-electron chi connectivity index (χ4n) is 0.687. The number of hydrogen-bond donors (Lipinski definition) is 1. The fraction of sp³-hybridized carbons (Fsp3) is 0.400. The summed E-state index contributed by atoms with van der Waals surface area (Å²) in [4.78, 5) is -0.0648. The molecule has 1 aromatic rings. The van der Waals surface area contributed by atoms with Gasteiger partial charge in [0.25, 0.3) is 0 Å². The van der Waals surface area contributed by atoms with Gasteiger partial charge >= 0.3 is 5.51 Å². The molecule has 0 spiro atoms. The zero-order valence-corrected chi connectivity index (χ0v) is 6.91. The number of thioether (sulfide) groups is 1. The van der Waals surface area contributed by atoms with Crippen LogP contribution in [0.25, 0.3) is 0 Å². The summed E-state index contributed by atoms with van der Waals surface area (Å²) in [5, 5.41) is 3.57. The van der Waals surface area contributed by atoms with Gasteiger partial charge in [-0.3, -0.25) is 4.68 Å². The highest BCUT2D eigenvalue weighted by molar-refractivity contribution is 8.00. The first kappa shape index (κ1) is 9.24. The van der Waals surface area contributed by atoms with Crippen molar-refractivity contribution in [2.45, 2.75) is 10.4 Å². The average molecular weight is 197 g/mol. The van der Waals surface area contributed by atoms with E-state index in [1.54, 1.807) is 0 Å². The maximum Gasteiger partial charge on any atom is 0.446 e. The van der Waals surface area contributed by atoms with Gasteiger partial charge in [0.1, 0.15) is 0 Å². The van der Waals surface area contributed by atoms with Crippen LogP contribution in [0.5, 0.6) is 0 Å². The molecule has 0 amide bonds. The highest BCUT2D eigenvalue weighted by Gasteiger charge is 2.31. The first-order valence-corrected chi connectivity index (χ1v) is 3.75. The van der Waals surface area contributed by atoms with Crippen LogP contribution in [-0.2, 0) is 7.05 Å². The van der Waals surface area contributed by atoms with Crippen LogP contribution >= 0.6 is 11.8 Å². The minimum absolute atomic E-state index is 0.0648. The van der Waals surface area contributed by atoms with Gasteiger partial charge in [-0.2, -0.15) is 18.3 Å². The third-order valence-corrected chi connectivity index (χ3v) is 1.81. The molecule has 0 aliphatic carbocycles. The Morgan fingerprint density at radius 1 is 1.58 bits per heavy atom. The van der Waals surface area contributed by atoms with Gasteiger partial charge < -0.3 is 5.73 Å². The van der Waals surface area contributed by atoms with Crippen molar-refractivity contribution >= 4 is 17.6 Å². The molecule has 0 radical (unpaired) electrons. The molecule has 2 N–H and O–H groups in total. The molecule has 1 aromatic heterocycles. The van der Waals surface area contributed by atoms with E-state index in [1.165, 1.54) is 17.9 Å². The van der Waals surface area contributed by atoms with Crippen molar-refractivity contribution in [3.63, 3.8) is 0 Å². The van der Waals surface area contributed by atoms with E-state index in [9.17, 15) is 13.2 Å². The Balaban J connectivity index is 2.82. The van der Waals surface area contributed by atoms with Crippen LogP contribution < -0.4 is 5.73 Å². The maximum absolute atomic E-state index is 11.8. The highest BCUT2D eigenvalue weighted by atomic mass is 32.2. The summed E-state index contributed by atoms with van der Waals surface area (Å²) in [5.41, 5.74) is 0.887. The molecule has 0 atom stereocenters. The van der Waals surface area contributed by atoms with E-state index in [-0.39, 0.29) is 22.5 Å². The molecule has 7 heteroatoms. The quantitative estimate of drug-likeness (QED) is 0.695. The molecular formula is C5H6F3N3S. The van der Waals surface area contributed by atoms with Crippen molar-refractivity contribution in [1.29, 1.82) is 0 Å². The van der Waals surface area contributed by atoms with Gasteiger partial charge in [-0.05, 0) is 11.8 Å². The number of halogens is 3. The number of nitrogen functional groups attached to an aromatic ring is 1. The van der Waals surface area contributed by atoms with Crippen LogP contribution in [0.4, 0.5) is 19.0 Å². The van der Waals surface area contributed by atoms with Gasteiger partial charge in [-0.15, -0.1) is 0 Å². The maximum atomic E-state index is 11.8. The minimum Gasteiger partial charge on any atom is -0.381 e. The van der Waals surface area contributed by atoms with E-state index in [0.717, 1.165) is 0 Å². The van der Waals surface area contributed by atoms with Crippen molar-refractivity contribution in [2.75, 3.05) is 5.73 Å². The van der Waals surface area contributed by atoms with E-state index >= 15 is 0 Å². The fourth-order valence-corrected chi connectivity index (χ4v) is 1.29. The number of nitrogens with zero attached hydrogens (tertiary/aromatic N) is 2. The van der Waals surface area contributed by atoms with E-state index in [4.69, 9.17) is 5.73 Å². The average Bonchev–Trinajstić information content (AvgIpc) is 2.06. The second-order valence-electron chi connectivity index (χ2n) is 2.10. The van der Waals surface area contributed by atoms with E-state index in [0.29, 0.717) is 0 Å². The van der Waals surface area contributed by atoms with Crippen LogP contribution in [0.3, 0.4) is 0 Å². The monoisotopic (exact) mass is 197 g/mol. The number of nitrogens with two attached hydrogens (primary N) is 1. The third kappa shape index (κ3) is 2.33. The van der Waals surface area contributed by atoms with Gasteiger partial charge in [0.2, 0.25) is 0 Å². The van der Waals surface area contributed by atoms with Crippen molar-refractivity contribution < 1.29 is 13.2 Å². The van der Waals surface area contributed by atoms with Crippen molar-refractivity contribution in [3.05, 3.63) is 6.20 Å². The Bertz CT molecular complexity index is 280. The Labute approximate surface area is 70.7 Å². The zero-order chi connectivity index (χ0) is 9.35. The summed E-state index contributed by atoms with van der Waals surface area (Å²) in [7, 11) is 1.51. The van der Waals surface area contributed by atoms with Gasteiger partial charge in [-0.1, -0.05) is 0 Å². The van der Waals surface area contributed by atoms with Gasteiger partial charge in [0.15, 0.2) is 5.82 Å². The van der Waals surface area contributed by atoms with E-state index < -0.39 is 5.51 Å². The number of rotatable bonds is 1. The molecule has 12 heavy (non-hydrogen) atoms. The zero-order valence-electron chi connectivity index (χ0n) is 6.09. The number of anilines is 1. The lowest BCUT2D eigenvalue weighted by atomic mass is 10.7. The standard InChI is InChI=1S/C5H6F3N3S/c1-11-2-3(4(9)10-11)12-5(6,7)8/h2H,1H3,(H2,9,10). The largest absolute Gasteiger partial charge is 0.446 e. The third-order valence-electron chi connectivity index (χ3n) is 1.05. The lowest BCUT2D eigenvalue weighted by Gasteiger charge is -2.02. The lowest BCUT2D eigenvalue weighted by Crippen LogP contribution is -1.99. The first-order chi connectivity index (χ1) is 5.38. The molecule has 1 heterocycles. The molecule has 0 aliphatic heterocycles. The van der Waals surface area contributed by atoms with Crippen LogP contribution in [0.15, 0.2) is 11.1 Å². The summed E-state index contributed by atoms with van der Waals surface area (Å²) in [6.45, 7) is 0. The molecule has 0 bridgehead atoms. The molecule has 68 valence electrons. The smallest absolute Gasteiger partial charge is 0.381 e. The highest BCUT2D eigenvalue weighted by Crippen LogP contribution is 2.38. The summed E-state index contributed by atoms with van der Waals surface area (Å²) in [6.07, 6.45) is 1.23. The molecule has 0 aliphatic rings. The molecule has 0 fully saturated rings. The molecule has 0 unspecified atom stereocenters. The summed E-state index contributed by atoms with van der Waals surface area (Å²) in [5.74, 6) is -0.0974. The molecule has 3 nitrogen and oxygen atoms in total. The number of hydrogen-bond acceptors (Lipinski definition) is 3. The van der Waals surface area contributed by atoms with Crippen LogP contribution in [0.2, 0.25) is 0 Å². The SMILES string of the molecule is Cn1cc(SC(F)(F)F)c(N)n1.